The van der Waals surface area contributed by atoms with Crippen LogP contribution in [0.15, 0.2) is 77.0 Å². The van der Waals surface area contributed by atoms with Crippen LogP contribution in [0.5, 0.6) is 5.75 Å². The first kappa shape index (κ1) is 23.1. The van der Waals surface area contributed by atoms with Crippen molar-refractivity contribution in [1.82, 2.24) is 10.3 Å². The van der Waals surface area contributed by atoms with Crippen LogP contribution >= 0.6 is 0 Å². The van der Waals surface area contributed by atoms with Crippen LogP contribution in [0.3, 0.4) is 0 Å². The van der Waals surface area contributed by atoms with Crippen molar-refractivity contribution in [3.05, 3.63) is 72.3 Å². The van der Waals surface area contributed by atoms with Crippen LogP contribution in [0.25, 0.3) is 0 Å². The van der Waals surface area contributed by atoms with Crippen LogP contribution in [0.1, 0.15) is 23.7 Å². The Bertz CT molecular complexity index is 1180. The number of nitrogens with two attached hydrogens (primary N) is 1. The van der Waals surface area contributed by atoms with Gasteiger partial charge in [-0.15, -0.1) is 10.2 Å². The molecule has 0 saturated carbocycles. The van der Waals surface area contributed by atoms with Crippen molar-refractivity contribution in [3.63, 3.8) is 0 Å². The van der Waals surface area contributed by atoms with Gasteiger partial charge >= 0.3 is 5.97 Å². The second-order valence-electron chi connectivity index (χ2n) is 6.69. The molecule has 1 aromatic heterocycles. The van der Waals surface area contributed by atoms with Crippen LogP contribution in [0.4, 0.5) is 23.0 Å². The molecule has 3 rings (SSSR count). The van der Waals surface area contributed by atoms with E-state index in [0.717, 1.165) is 0 Å². The fourth-order valence-corrected chi connectivity index (χ4v) is 2.59. The van der Waals surface area contributed by atoms with E-state index < -0.39 is 5.91 Å². The van der Waals surface area contributed by atoms with Crippen molar-refractivity contribution in [1.29, 1.82) is 0 Å². The molecule has 0 atom stereocenters. The highest BCUT2D eigenvalue weighted by Gasteiger charge is 2.10. The highest BCUT2D eigenvalue weighted by atomic mass is 16.5. The third kappa shape index (κ3) is 6.69. The Balaban J connectivity index is 1.60. The number of benzene rings is 2. The Morgan fingerprint density at radius 1 is 0.939 bits per heavy atom. The number of amides is 2. The number of nitrogens with zero attached hydrogens (tertiary/aromatic N) is 3. The van der Waals surface area contributed by atoms with Crippen LogP contribution in [-0.2, 0) is 9.59 Å². The van der Waals surface area contributed by atoms with Crippen molar-refractivity contribution in [2.75, 3.05) is 17.6 Å². The molecule has 0 fully saturated rings. The molecular formula is C23H22N6O4. The summed E-state index contributed by atoms with van der Waals surface area (Å²) >= 11 is 0. The first-order valence-corrected chi connectivity index (χ1v) is 10.1. The summed E-state index contributed by atoms with van der Waals surface area (Å²) < 4.78 is 5.23. The zero-order valence-corrected chi connectivity index (χ0v) is 17.8. The number of aromatic nitrogens is 1. The average Bonchev–Trinajstić information content (AvgIpc) is 2.83. The summed E-state index contributed by atoms with van der Waals surface area (Å²) in [6.45, 7) is 1.46. The van der Waals surface area contributed by atoms with Crippen LogP contribution in [0.2, 0.25) is 0 Å². The lowest BCUT2D eigenvalue weighted by atomic mass is 10.2. The summed E-state index contributed by atoms with van der Waals surface area (Å²) in [6, 6.07) is 18.3. The maximum Gasteiger partial charge on any atom is 0.310 e. The van der Waals surface area contributed by atoms with E-state index in [1.807, 2.05) is 0 Å². The lowest BCUT2D eigenvalue weighted by molar-refractivity contribution is -0.134. The minimum absolute atomic E-state index is 0.0351. The van der Waals surface area contributed by atoms with Gasteiger partial charge in [0.1, 0.15) is 17.2 Å². The normalized spacial score (nSPS) is 10.6. The van der Waals surface area contributed by atoms with Gasteiger partial charge in [0.05, 0.1) is 6.54 Å². The molecule has 168 valence electrons. The maximum atomic E-state index is 12.1. The molecule has 4 N–H and O–H groups in total. The Morgan fingerprint density at radius 2 is 1.64 bits per heavy atom. The summed E-state index contributed by atoms with van der Waals surface area (Å²) in [4.78, 5) is 39.8. The highest BCUT2D eigenvalue weighted by molar-refractivity contribution is 5.99. The van der Waals surface area contributed by atoms with Crippen molar-refractivity contribution in [3.8, 4) is 5.75 Å². The number of ether oxygens (including phenoxy) is 1. The van der Waals surface area contributed by atoms with Crippen molar-refractivity contribution in [2.24, 2.45) is 10.2 Å². The molecule has 0 bridgehead atoms. The Morgan fingerprint density at radius 3 is 2.36 bits per heavy atom. The Hall–Kier alpha value is -4.60. The van der Waals surface area contributed by atoms with E-state index in [2.05, 4.69) is 25.8 Å². The standard InChI is InChI=1S/C23H22N6O4/c1-2-21(31)33-18-11-7-6-10-16(18)28-29-17-12-13-19(27-22(17)24)26-20(30)14-25-23(32)15-8-4-3-5-9-15/h3-13H,2,14H2,1H3,(H,25,32)(H3,24,26,27,30). The summed E-state index contributed by atoms with van der Waals surface area (Å²) in [5, 5.41) is 13.2. The van der Waals surface area contributed by atoms with Crippen LogP contribution in [0, 0.1) is 0 Å². The molecular weight excluding hydrogens is 424 g/mol. The van der Waals surface area contributed by atoms with Gasteiger partial charge in [-0.1, -0.05) is 37.3 Å². The molecule has 0 radical (unpaired) electrons. The number of nitrogen functional groups attached to an aromatic ring is 1. The van der Waals surface area contributed by atoms with E-state index in [9.17, 15) is 14.4 Å². The average molecular weight is 446 g/mol. The van der Waals surface area contributed by atoms with Crippen LogP contribution in [-0.4, -0.2) is 29.3 Å². The SMILES string of the molecule is CCC(=O)Oc1ccccc1N=Nc1ccc(NC(=O)CNC(=O)c2ccccc2)nc1N. The van der Waals surface area contributed by atoms with Crippen molar-refractivity contribution >= 4 is 40.8 Å². The predicted molar refractivity (Wildman–Crippen MR) is 123 cm³/mol. The zero-order chi connectivity index (χ0) is 23.6. The molecule has 0 aliphatic heterocycles. The second kappa shape index (κ2) is 11.1. The number of anilines is 2. The quantitative estimate of drug-likeness (QED) is 0.272. The molecule has 10 nitrogen and oxygen atoms in total. The number of azo groups is 1. The van der Waals surface area contributed by atoms with Gasteiger partial charge in [0.2, 0.25) is 5.91 Å². The molecule has 0 saturated heterocycles. The van der Waals surface area contributed by atoms with Crippen molar-refractivity contribution in [2.45, 2.75) is 13.3 Å². The highest BCUT2D eigenvalue weighted by Crippen LogP contribution is 2.30. The number of carbonyl (C=O) groups excluding carboxylic acids is 3. The van der Waals surface area contributed by atoms with Gasteiger partial charge in [0.25, 0.3) is 5.91 Å². The fourth-order valence-electron chi connectivity index (χ4n) is 2.59. The number of carbonyl (C=O) groups is 3. The monoisotopic (exact) mass is 446 g/mol. The van der Waals surface area contributed by atoms with Gasteiger partial charge in [-0.3, -0.25) is 14.4 Å². The lowest BCUT2D eigenvalue weighted by Gasteiger charge is -2.08. The second-order valence-corrected chi connectivity index (χ2v) is 6.69. The van der Waals surface area contributed by atoms with Gasteiger partial charge in [-0.05, 0) is 36.4 Å². The third-order valence-corrected chi connectivity index (χ3v) is 4.26. The van der Waals surface area contributed by atoms with E-state index in [4.69, 9.17) is 10.5 Å². The van der Waals surface area contributed by atoms with E-state index in [1.54, 1.807) is 61.5 Å². The molecule has 0 aliphatic rings. The van der Waals surface area contributed by atoms with Gasteiger partial charge in [0.15, 0.2) is 11.6 Å². The minimum atomic E-state index is -0.466. The maximum absolute atomic E-state index is 12.1. The topological polar surface area (TPSA) is 148 Å². The van der Waals surface area contributed by atoms with Gasteiger partial charge in [-0.2, -0.15) is 0 Å². The largest absolute Gasteiger partial charge is 0.424 e. The molecule has 1 heterocycles. The molecule has 0 unspecified atom stereocenters. The molecule has 3 aromatic rings. The molecule has 0 aliphatic carbocycles. The number of para-hydroxylation sites is 1. The van der Waals surface area contributed by atoms with Crippen LogP contribution < -0.4 is 21.1 Å². The first-order chi connectivity index (χ1) is 16.0. The summed E-state index contributed by atoms with van der Waals surface area (Å²) in [5.74, 6) is -0.707. The Labute approximate surface area is 189 Å². The van der Waals surface area contributed by atoms with Crippen molar-refractivity contribution < 1.29 is 19.1 Å². The lowest BCUT2D eigenvalue weighted by Crippen LogP contribution is -2.33. The van der Waals surface area contributed by atoms with E-state index in [1.165, 1.54) is 12.1 Å². The number of hydrogen-bond donors (Lipinski definition) is 3. The Kier molecular flexibility index (Phi) is 7.79. The summed E-state index contributed by atoms with van der Waals surface area (Å²) in [7, 11) is 0. The summed E-state index contributed by atoms with van der Waals surface area (Å²) in [5.41, 5.74) is 7.00. The van der Waals surface area contributed by atoms with E-state index in [0.29, 0.717) is 11.3 Å². The number of nitrogens with one attached hydrogen (secondary N) is 2. The minimum Gasteiger partial charge on any atom is -0.424 e. The molecule has 10 heteroatoms. The zero-order valence-electron chi connectivity index (χ0n) is 17.8. The predicted octanol–water partition coefficient (Wildman–Crippen LogP) is 3.76. The van der Waals surface area contributed by atoms with E-state index >= 15 is 0 Å². The third-order valence-electron chi connectivity index (χ3n) is 4.26. The number of pyridine rings is 1. The number of rotatable bonds is 8. The van der Waals surface area contributed by atoms with Gasteiger partial charge in [0, 0.05) is 12.0 Å². The molecule has 33 heavy (non-hydrogen) atoms. The van der Waals surface area contributed by atoms with Gasteiger partial charge in [-0.25, -0.2) is 4.98 Å². The first-order valence-electron chi connectivity index (χ1n) is 10.1. The molecule has 2 amide bonds. The van der Waals surface area contributed by atoms with Gasteiger partial charge < -0.3 is 21.1 Å². The number of hydrogen-bond acceptors (Lipinski definition) is 8. The summed E-state index contributed by atoms with van der Waals surface area (Å²) in [6.07, 6.45) is 0.228. The smallest absolute Gasteiger partial charge is 0.310 e. The fraction of sp³-hybridized carbons (Fsp3) is 0.130. The number of esters is 1. The molecule has 0 spiro atoms. The van der Waals surface area contributed by atoms with E-state index in [-0.39, 0.29) is 47.9 Å². The molecule has 2 aromatic carbocycles.